The molecule has 3 heterocycles. The third kappa shape index (κ3) is 1.83. The van der Waals surface area contributed by atoms with Crippen LogP contribution in [0.3, 0.4) is 0 Å². The van der Waals surface area contributed by atoms with Gasteiger partial charge in [0.25, 0.3) is 5.78 Å². The Hall–Kier alpha value is -2.95. The molecule has 2 aromatic carbocycles. The van der Waals surface area contributed by atoms with Crippen molar-refractivity contribution in [3.8, 4) is 0 Å². The van der Waals surface area contributed by atoms with Crippen LogP contribution in [0.25, 0.3) is 16.7 Å². The lowest BCUT2D eigenvalue weighted by atomic mass is 10.0. The molecule has 0 fully saturated rings. The first-order chi connectivity index (χ1) is 11.4. The summed E-state index contributed by atoms with van der Waals surface area (Å²) >= 11 is 0. The van der Waals surface area contributed by atoms with Gasteiger partial charge in [-0.3, -0.25) is 0 Å². The van der Waals surface area contributed by atoms with E-state index in [4.69, 9.17) is 0 Å². The number of rotatable bonds is 1. The molecule has 0 spiro atoms. The van der Waals surface area contributed by atoms with Crippen LogP contribution in [0.15, 0.2) is 54.7 Å². The van der Waals surface area contributed by atoms with E-state index in [1.54, 1.807) is 0 Å². The summed E-state index contributed by atoms with van der Waals surface area (Å²) in [5, 5.41) is 9.81. The van der Waals surface area contributed by atoms with Gasteiger partial charge in [0.05, 0.1) is 5.52 Å². The zero-order valence-corrected chi connectivity index (χ0v) is 12.6. The Balaban J connectivity index is 1.80. The van der Waals surface area contributed by atoms with E-state index in [-0.39, 0.29) is 0 Å². The summed E-state index contributed by atoms with van der Waals surface area (Å²) in [5.41, 5.74) is 3.67. The number of nitrogens with zero attached hydrogens (tertiary/aromatic N) is 5. The van der Waals surface area contributed by atoms with Gasteiger partial charge in [-0.2, -0.15) is 0 Å². The molecule has 1 aliphatic heterocycles. The molecule has 0 amide bonds. The number of para-hydroxylation sites is 2. The first-order valence-electron chi connectivity index (χ1n) is 7.86. The highest BCUT2D eigenvalue weighted by Crippen LogP contribution is 2.33. The maximum absolute atomic E-state index is 4.44. The molecule has 23 heavy (non-hydrogen) atoms. The minimum Gasteiger partial charge on any atom is -0.310 e. The zero-order chi connectivity index (χ0) is 15.2. The Morgan fingerprint density at radius 2 is 1.78 bits per heavy atom. The minimum absolute atomic E-state index is 0.641. The van der Waals surface area contributed by atoms with E-state index in [2.05, 4.69) is 60.9 Å². The molecule has 5 heteroatoms. The molecule has 5 rings (SSSR count). The van der Waals surface area contributed by atoms with Crippen molar-refractivity contribution in [3.63, 3.8) is 0 Å². The van der Waals surface area contributed by atoms with E-state index in [0.29, 0.717) is 5.78 Å². The summed E-state index contributed by atoms with van der Waals surface area (Å²) in [6, 6.07) is 16.8. The second kappa shape index (κ2) is 4.78. The maximum Gasteiger partial charge on any atom is 0.256 e. The Kier molecular flexibility index (Phi) is 2.61. The second-order valence-corrected chi connectivity index (χ2v) is 5.84. The number of aryl methyl sites for hydroxylation is 1. The van der Waals surface area contributed by atoms with Gasteiger partial charge in [-0.1, -0.05) is 36.4 Å². The van der Waals surface area contributed by atoms with Crippen molar-refractivity contribution in [1.29, 1.82) is 0 Å². The van der Waals surface area contributed by atoms with Gasteiger partial charge in [-0.25, -0.2) is 9.38 Å². The Labute approximate surface area is 133 Å². The van der Waals surface area contributed by atoms with Crippen molar-refractivity contribution < 1.29 is 0 Å². The number of fused-ring (bicyclic) bond motifs is 4. The van der Waals surface area contributed by atoms with Crippen molar-refractivity contribution in [2.75, 3.05) is 11.4 Å². The maximum atomic E-state index is 4.44. The largest absolute Gasteiger partial charge is 0.310 e. The molecule has 0 radical (unpaired) electrons. The Bertz CT molecular complexity index is 1020. The molecular formula is C18H15N5. The molecule has 2 aromatic heterocycles. The second-order valence-electron chi connectivity index (χ2n) is 5.84. The lowest BCUT2D eigenvalue weighted by molar-refractivity contribution is 0.748. The van der Waals surface area contributed by atoms with Gasteiger partial charge in [-0.05, 0) is 30.5 Å². The molecule has 0 bridgehead atoms. The third-order valence-corrected chi connectivity index (χ3v) is 4.48. The van der Waals surface area contributed by atoms with Crippen LogP contribution >= 0.6 is 0 Å². The third-order valence-electron chi connectivity index (χ3n) is 4.48. The quantitative estimate of drug-likeness (QED) is 0.541. The van der Waals surface area contributed by atoms with Crippen molar-refractivity contribution in [2.45, 2.75) is 12.8 Å². The van der Waals surface area contributed by atoms with Crippen LogP contribution in [-0.2, 0) is 6.42 Å². The normalized spacial score (nSPS) is 14.3. The van der Waals surface area contributed by atoms with Crippen LogP contribution in [0.1, 0.15) is 12.0 Å². The lowest BCUT2D eigenvalue weighted by Gasteiger charge is -2.29. The highest BCUT2D eigenvalue weighted by Gasteiger charge is 2.23. The molecule has 1 aliphatic rings. The molecule has 0 saturated carbocycles. The highest BCUT2D eigenvalue weighted by molar-refractivity contribution is 5.82. The van der Waals surface area contributed by atoms with Crippen LogP contribution in [0, 0.1) is 0 Å². The van der Waals surface area contributed by atoms with E-state index in [1.165, 1.54) is 11.3 Å². The summed E-state index contributed by atoms with van der Waals surface area (Å²) in [4.78, 5) is 6.70. The number of benzene rings is 2. The van der Waals surface area contributed by atoms with E-state index in [0.717, 1.165) is 36.2 Å². The predicted molar refractivity (Wildman–Crippen MR) is 90.1 cm³/mol. The Morgan fingerprint density at radius 3 is 2.78 bits per heavy atom. The average Bonchev–Trinajstić information content (AvgIpc) is 3.05. The molecule has 112 valence electrons. The number of aromatic nitrogens is 4. The summed E-state index contributed by atoms with van der Waals surface area (Å²) in [5.74, 6) is 1.48. The van der Waals surface area contributed by atoms with Crippen molar-refractivity contribution in [3.05, 3.63) is 60.3 Å². The summed E-state index contributed by atoms with van der Waals surface area (Å²) < 4.78 is 2.05. The van der Waals surface area contributed by atoms with Gasteiger partial charge >= 0.3 is 0 Å². The lowest BCUT2D eigenvalue weighted by Crippen LogP contribution is -2.26. The van der Waals surface area contributed by atoms with Crippen molar-refractivity contribution in [2.24, 2.45) is 0 Å². The first-order valence-corrected chi connectivity index (χ1v) is 7.86. The molecule has 0 aliphatic carbocycles. The fourth-order valence-electron chi connectivity index (χ4n) is 3.41. The van der Waals surface area contributed by atoms with Crippen LogP contribution in [0.5, 0.6) is 0 Å². The van der Waals surface area contributed by atoms with Gasteiger partial charge < -0.3 is 4.90 Å². The van der Waals surface area contributed by atoms with Crippen LogP contribution in [-0.4, -0.2) is 26.1 Å². The molecule has 0 N–H and O–H groups in total. The molecule has 0 atom stereocenters. The summed E-state index contributed by atoms with van der Waals surface area (Å²) in [7, 11) is 0. The predicted octanol–water partition coefficient (Wildman–Crippen LogP) is 3.36. The van der Waals surface area contributed by atoms with Gasteiger partial charge in [0.15, 0.2) is 0 Å². The van der Waals surface area contributed by atoms with Crippen molar-refractivity contribution >= 4 is 28.3 Å². The van der Waals surface area contributed by atoms with E-state index >= 15 is 0 Å². The molecule has 0 saturated heterocycles. The minimum atomic E-state index is 0.641. The first kappa shape index (κ1) is 12.6. The fourth-order valence-corrected chi connectivity index (χ4v) is 3.41. The van der Waals surface area contributed by atoms with Crippen molar-refractivity contribution in [1.82, 2.24) is 19.6 Å². The highest BCUT2D eigenvalue weighted by atomic mass is 15.4. The van der Waals surface area contributed by atoms with Gasteiger partial charge in [0.2, 0.25) is 5.95 Å². The van der Waals surface area contributed by atoms with Crippen LogP contribution in [0.4, 0.5) is 11.6 Å². The molecule has 4 aromatic rings. The van der Waals surface area contributed by atoms with E-state index < -0.39 is 0 Å². The topological polar surface area (TPSA) is 46.3 Å². The smallest absolute Gasteiger partial charge is 0.256 e. The van der Waals surface area contributed by atoms with Gasteiger partial charge in [0.1, 0.15) is 0 Å². The molecular weight excluding hydrogens is 286 g/mol. The molecule has 5 nitrogen and oxygen atoms in total. The van der Waals surface area contributed by atoms with Crippen LogP contribution < -0.4 is 4.90 Å². The van der Waals surface area contributed by atoms with Crippen LogP contribution in [0.2, 0.25) is 0 Å². The molecule has 0 unspecified atom stereocenters. The van der Waals surface area contributed by atoms with Gasteiger partial charge in [0, 0.05) is 23.8 Å². The standard InChI is InChI=1S/C18H15N5/c1-3-9-15-13(6-1)8-5-11-22(15)18-21-20-17-19-12-14-7-2-4-10-16(14)23(17)18/h1-4,6-7,9-10,12H,5,8,11H2. The zero-order valence-electron chi connectivity index (χ0n) is 12.6. The Morgan fingerprint density at radius 1 is 0.913 bits per heavy atom. The fraction of sp³-hybridized carbons (Fsp3) is 0.167. The number of anilines is 2. The average molecular weight is 301 g/mol. The summed E-state index contributed by atoms with van der Waals surface area (Å²) in [6.07, 6.45) is 4.08. The SMILES string of the molecule is c1ccc2c(c1)CCCN2c1nnc2ncc3ccccc3n12. The monoisotopic (exact) mass is 301 g/mol. The van der Waals surface area contributed by atoms with E-state index in [9.17, 15) is 0 Å². The van der Waals surface area contributed by atoms with Gasteiger partial charge in [-0.15, -0.1) is 10.2 Å². The summed E-state index contributed by atoms with van der Waals surface area (Å²) in [6.45, 7) is 0.945. The van der Waals surface area contributed by atoms with E-state index in [1.807, 2.05) is 18.3 Å². The number of hydrogen-bond acceptors (Lipinski definition) is 4. The number of hydrogen-bond donors (Lipinski definition) is 0.